The zero-order valence-electron chi connectivity index (χ0n) is 11.8. The number of anilines is 2. The van der Waals surface area contributed by atoms with Crippen LogP contribution >= 0.6 is 12.2 Å². The summed E-state index contributed by atoms with van der Waals surface area (Å²) < 4.78 is 14.5. The van der Waals surface area contributed by atoms with Gasteiger partial charge in [-0.3, -0.25) is 0 Å². The standard InChI is InChI=1S/C15H17FN4S/c1-2-12-14(16)15(19-10-18-12)20(9-8-13(17)21)11-6-4-3-5-7-11/h3-7,10H,2,8-9H2,1H3,(H2,17,21). The van der Waals surface area contributed by atoms with E-state index < -0.39 is 5.82 Å². The molecule has 4 nitrogen and oxygen atoms in total. The second-order valence-electron chi connectivity index (χ2n) is 4.52. The van der Waals surface area contributed by atoms with Gasteiger partial charge in [0.2, 0.25) is 0 Å². The highest BCUT2D eigenvalue weighted by atomic mass is 32.1. The predicted molar refractivity (Wildman–Crippen MR) is 86.2 cm³/mol. The molecule has 0 saturated carbocycles. The van der Waals surface area contributed by atoms with Crippen LogP contribution in [-0.4, -0.2) is 21.5 Å². The van der Waals surface area contributed by atoms with Crippen LogP contribution in [0.3, 0.4) is 0 Å². The van der Waals surface area contributed by atoms with Gasteiger partial charge in [0.05, 0.1) is 10.7 Å². The van der Waals surface area contributed by atoms with Crippen molar-refractivity contribution in [3.63, 3.8) is 0 Å². The molecule has 21 heavy (non-hydrogen) atoms. The Morgan fingerprint density at radius 1 is 1.29 bits per heavy atom. The van der Waals surface area contributed by atoms with Crippen molar-refractivity contribution < 1.29 is 4.39 Å². The summed E-state index contributed by atoms with van der Waals surface area (Å²) in [6.45, 7) is 2.33. The van der Waals surface area contributed by atoms with Crippen molar-refractivity contribution in [1.82, 2.24) is 9.97 Å². The Morgan fingerprint density at radius 3 is 2.62 bits per heavy atom. The minimum absolute atomic E-state index is 0.254. The monoisotopic (exact) mass is 304 g/mol. The number of hydrogen-bond acceptors (Lipinski definition) is 4. The molecule has 0 atom stereocenters. The van der Waals surface area contributed by atoms with Gasteiger partial charge in [-0.2, -0.15) is 0 Å². The second kappa shape index (κ2) is 7.08. The van der Waals surface area contributed by atoms with Gasteiger partial charge in [-0.25, -0.2) is 14.4 Å². The molecule has 0 aliphatic rings. The van der Waals surface area contributed by atoms with Crippen LogP contribution in [0.5, 0.6) is 0 Å². The molecule has 0 aliphatic carbocycles. The minimum atomic E-state index is -0.396. The number of aromatic nitrogens is 2. The molecular weight excluding hydrogens is 287 g/mol. The first-order valence-electron chi connectivity index (χ1n) is 6.73. The van der Waals surface area contributed by atoms with E-state index in [1.807, 2.05) is 37.3 Å². The Hall–Kier alpha value is -2.08. The average Bonchev–Trinajstić information content (AvgIpc) is 2.50. The molecule has 2 rings (SSSR count). The largest absolute Gasteiger partial charge is 0.393 e. The van der Waals surface area contributed by atoms with Gasteiger partial charge in [0.15, 0.2) is 11.6 Å². The number of halogens is 1. The molecule has 0 amide bonds. The van der Waals surface area contributed by atoms with Gasteiger partial charge in [0.1, 0.15) is 6.33 Å². The summed E-state index contributed by atoms with van der Waals surface area (Å²) in [5, 5.41) is 0. The average molecular weight is 304 g/mol. The molecule has 0 spiro atoms. The number of benzene rings is 1. The summed E-state index contributed by atoms with van der Waals surface area (Å²) in [7, 11) is 0. The SMILES string of the molecule is CCc1ncnc(N(CCC(N)=S)c2ccccc2)c1F. The lowest BCUT2D eigenvalue weighted by Crippen LogP contribution is -2.25. The molecule has 0 unspecified atom stereocenters. The van der Waals surface area contributed by atoms with Crippen LogP contribution in [0.15, 0.2) is 36.7 Å². The van der Waals surface area contributed by atoms with E-state index in [4.69, 9.17) is 18.0 Å². The third-order valence-corrected chi connectivity index (χ3v) is 3.29. The lowest BCUT2D eigenvalue weighted by atomic mass is 10.2. The van der Waals surface area contributed by atoms with Crippen molar-refractivity contribution in [3.8, 4) is 0 Å². The molecule has 6 heteroatoms. The fraction of sp³-hybridized carbons (Fsp3) is 0.267. The summed E-state index contributed by atoms with van der Waals surface area (Å²) in [4.78, 5) is 10.2. The molecule has 1 aromatic carbocycles. The Labute approximate surface area is 128 Å². The topological polar surface area (TPSA) is 55.0 Å². The van der Waals surface area contributed by atoms with Crippen LogP contribution in [0.1, 0.15) is 19.0 Å². The highest BCUT2D eigenvalue weighted by Gasteiger charge is 2.18. The quantitative estimate of drug-likeness (QED) is 0.831. The Kier molecular flexibility index (Phi) is 5.16. The van der Waals surface area contributed by atoms with Gasteiger partial charge in [0, 0.05) is 18.7 Å². The summed E-state index contributed by atoms with van der Waals surface area (Å²) in [6.07, 6.45) is 2.38. The molecule has 0 saturated heterocycles. The molecule has 1 heterocycles. The van der Waals surface area contributed by atoms with E-state index in [-0.39, 0.29) is 5.82 Å². The maximum atomic E-state index is 14.5. The van der Waals surface area contributed by atoms with Crippen molar-refractivity contribution in [2.45, 2.75) is 19.8 Å². The Morgan fingerprint density at radius 2 is 2.00 bits per heavy atom. The highest BCUT2D eigenvalue weighted by molar-refractivity contribution is 7.80. The third-order valence-electron chi connectivity index (χ3n) is 3.08. The van der Waals surface area contributed by atoms with E-state index in [1.165, 1.54) is 6.33 Å². The Bertz CT molecular complexity index is 618. The van der Waals surface area contributed by atoms with Crippen molar-refractivity contribution in [2.75, 3.05) is 11.4 Å². The van der Waals surface area contributed by atoms with E-state index in [2.05, 4.69) is 9.97 Å². The smallest absolute Gasteiger partial charge is 0.187 e. The summed E-state index contributed by atoms with van der Waals surface area (Å²) in [5.74, 6) is -0.143. The van der Waals surface area contributed by atoms with Gasteiger partial charge in [-0.15, -0.1) is 0 Å². The molecule has 2 aromatic rings. The van der Waals surface area contributed by atoms with Crippen molar-refractivity contribution in [2.24, 2.45) is 5.73 Å². The van der Waals surface area contributed by atoms with Gasteiger partial charge in [0.25, 0.3) is 0 Å². The van der Waals surface area contributed by atoms with Crippen LogP contribution in [0, 0.1) is 5.82 Å². The molecule has 0 fully saturated rings. The van der Waals surface area contributed by atoms with Gasteiger partial charge < -0.3 is 10.6 Å². The summed E-state index contributed by atoms with van der Waals surface area (Å²) >= 11 is 4.92. The first-order chi connectivity index (χ1) is 10.1. The molecule has 0 radical (unpaired) electrons. The molecule has 110 valence electrons. The van der Waals surface area contributed by atoms with Crippen LogP contribution in [0.2, 0.25) is 0 Å². The number of thiocarbonyl (C=S) groups is 1. The van der Waals surface area contributed by atoms with Crippen molar-refractivity contribution >= 4 is 28.7 Å². The fourth-order valence-corrected chi connectivity index (χ4v) is 2.11. The van der Waals surface area contributed by atoms with Gasteiger partial charge >= 0.3 is 0 Å². The first kappa shape index (κ1) is 15.3. The van der Waals surface area contributed by atoms with E-state index in [0.29, 0.717) is 30.1 Å². The number of aryl methyl sites for hydroxylation is 1. The van der Waals surface area contributed by atoms with E-state index in [1.54, 1.807) is 4.90 Å². The van der Waals surface area contributed by atoms with Crippen molar-refractivity contribution in [1.29, 1.82) is 0 Å². The lowest BCUT2D eigenvalue weighted by molar-refractivity contribution is 0.591. The van der Waals surface area contributed by atoms with E-state index in [0.717, 1.165) is 5.69 Å². The van der Waals surface area contributed by atoms with Gasteiger partial charge in [-0.1, -0.05) is 37.3 Å². The maximum Gasteiger partial charge on any atom is 0.187 e. The molecule has 1 aromatic heterocycles. The molecule has 0 aliphatic heterocycles. The van der Waals surface area contributed by atoms with Gasteiger partial charge in [-0.05, 0) is 18.6 Å². The van der Waals surface area contributed by atoms with Crippen LogP contribution < -0.4 is 10.6 Å². The number of rotatable bonds is 6. The summed E-state index contributed by atoms with van der Waals surface area (Å²) in [5.41, 5.74) is 6.81. The van der Waals surface area contributed by atoms with Crippen molar-refractivity contribution in [3.05, 3.63) is 48.2 Å². The Balaban J connectivity index is 2.42. The predicted octanol–water partition coefficient (Wildman–Crippen LogP) is 2.99. The van der Waals surface area contributed by atoms with Crippen LogP contribution in [0.4, 0.5) is 15.9 Å². The lowest BCUT2D eigenvalue weighted by Gasteiger charge is -2.24. The van der Waals surface area contributed by atoms with E-state index in [9.17, 15) is 4.39 Å². The zero-order valence-corrected chi connectivity index (χ0v) is 12.6. The zero-order chi connectivity index (χ0) is 15.2. The van der Waals surface area contributed by atoms with Crippen LogP contribution in [0.25, 0.3) is 0 Å². The second-order valence-corrected chi connectivity index (χ2v) is 5.04. The number of nitrogens with zero attached hydrogens (tertiary/aromatic N) is 3. The maximum absolute atomic E-state index is 14.5. The third kappa shape index (κ3) is 3.72. The molecule has 2 N–H and O–H groups in total. The molecule has 0 bridgehead atoms. The highest BCUT2D eigenvalue weighted by Crippen LogP contribution is 2.26. The van der Waals surface area contributed by atoms with Crippen LogP contribution in [-0.2, 0) is 6.42 Å². The number of hydrogen-bond donors (Lipinski definition) is 1. The first-order valence-corrected chi connectivity index (χ1v) is 7.14. The number of para-hydroxylation sites is 1. The molecular formula is C15H17FN4S. The fourth-order valence-electron chi connectivity index (χ4n) is 2.02. The number of nitrogens with two attached hydrogens (primary N) is 1. The van der Waals surface area contributed by atoms with E-state index >= 15 is 0 Å². The normalized spacial score (nSPS) is 10.4. The minimum Gasteiger partial charge on any atom is -0.393 e. The summed E-state index contributed by atoms with van der Waals surface area (Å²) in [6, 6.07) is 9.48.